The van der Waals surface area contributed by atoms with Crippen molar-refractivity contribution in [2.45, 2.75) is 65.1 Å². The maximum Gasteiger partial charge on any atom is 0.326 e. The Labute approximate surface area is 129 Å². The average Bonchev–Trinajstić information content (AvgIpc) is 2.38. The Morgan fingerprint density at radius 3 is 2.67 bits per heavy atom. The van der Waals surface area contributed by atoms with Gasteiger partial charge < -0.3 is 14.8 Å². The summed E-state index contributed by atoms with van der Waals surface area (Å²) in [6.45, 7) is 15.9. The largest absolute Gasteiger partial charge is 0.465 e. The molecule has 0 saturated carbocycles. The first-order valence-electron chi connectivity index (χ1n) is 8.04. The number of nitrogens with zero attached hydrogens (tertiary/aromatic N) is 1. The van der Waals surface area contributed by atoms with Crippen molar-refractivity contribution in [1.82, 2.24) is 10.2 Å². The van der Waals surface area contributed by atoms with Crippen LogP contribution in [0.15, 0.2) is 0 Å². The molecule has 0 radical (unpaired) electrons. The molecule has 1 fully saturated rings. The lowest BCUT2D eigenvalue weighted by atomic mass is 9.91. The van der Waals surface area contributed by atoms with Crippen molar-refractivity contribution in [2.75, 3.05) is 32.8 Å². The van der Waals surface area contributed by atoms with Gasteiger partial charge in [0.2, 0.25) is 0 Å². The first-order valence-corrected chi connectivity index (χ1v) is 8.04. The second kappa shape index (κ2) is 7.56. The van der Waals surface area contributed by atoms with E-state index in [1.165, 1.54) is 0 Å². The summed E-state index contributed by atoms with van der Waals surface area (Å²) in [6, 6.07) is 0.293. The molecule has 0 aromatic carbocycles. The molecular weight excluding hydrogens is 268 g/mol. The second-order valence-electron chi connectivity index (χ2n) is 6.71. The van der Waals surface area contributed by atoms with Gasteiger partial charge in [-0.1, -0.05) is 6.92 Å². The molecule has 1 aliphatic heterocycles. The second-order valence-corrected chi connectivity index (χ2v) is 6.71. The minimum absolute atomic E-state index is 0.120. The zero-order chi connectivity index (χ0) is 16.1. The van der Waals surface area contributed by atoms with Crippen LogP contribution in [0.5, 0.6) is 0 Å². The fourth-order valence-electron chi connectivity index (χ4n) is 3.06. The summed E-state index contributed by atoms with van der Waals surface area (Å²) in [5.74, 6) is -0.161. The number of likely N-dealkylation sites (N-methyl/N-ethyl adjacent to an activating group) is 1. The Hall–Kier alpha value is -0.650. The Bertz CT molecular complexity index is 346. The Kier molecular flexibility index (Phi) is 6.63. The maximum atomic E-state index is 12.3. The molecule has 1 rings (SSSR count). The van der Waals surface area contributed by atoms with E-state index < -0.39 is 5.54 Å². The number of hydrogen-bond acceptors (Lipinski definition) is 5. The van der Waals surface area contributed by atoms with Crippen LogP contribution in [-0.4, -0.2) is 60.9 Å². The number of nitrogens with one attached hydrogen (secondary N) is 1. The lowest BCUT2D eigenvalue weighted by Crippen LogP contribution is -2.57. The lowest BCUT2D eigenvalue weighted by Gasteiger charge is -2.43. The zero-order valence-corrected chi connectivity index (χ0v) is 14.5. The minimum Gasteiger partial charge on any atom is -0.465 e. The molecule has 1 N–H and O–H groups in total. The standard InChI is InChI=1S/C16H32N2O3/c1-7-17-16(6,14(19)20-8-2)11-13(3)18-9-10-21-15(4,5)12-18/h13,17H,7-12H2,1-6H3. The smallest absolute Gasteiger partial charge is 0.326 e. The third-order valence-corrected chi connectivity index (χ3v) is 4.08. The molecule has 2 unspecified atom stereocenters. The van der Waals surface area contributed by atoms with Crippen molar-refractivity contribution in [2.24, 2.45) is 0 Å². The van der Waals surface area contributed by atoms with Crippen LogP contribution in [0.4, 0.5) is 0 Å². The average molecular weight is 300 g/mol. The monoisotopic (exact) mass is 300 g/mol. The van der Waals surface area contributed by atoms with Gasteiger partial charge in [-0.3, -0.25) is 9.69 Å². The number of carbonyl (C=O) groups excluding carboxylic acids is 1. The molecule has 0 amide bonds. The number of morpholine rings is 1. The predicted molar refractivity (Wildman–Crippen MR) is 84.4 cm³/mol. The van der Waals surface area contributed by atoms with Crippen molar-refractivity contribution in [3.8, 4) is 0 Å². The first-order chi connectivity index (χ1) is 9.74. The summed E-state index contributed by atoms with van der Waals surface area (Å²) in [6.07, 6.45) is 0.732. The summed E-state index contributed by atoms with van der Waals surface area (Å²) < 4.78 is 11.0. The van der Waals surface area contributed by atoms with Gasteiger partial charge in [0.1, 0.15) is 5.54 Å². The summed E-state index contributed by atoms with van der Waals surface area (Å²) in [4.78, 5) is 14.7. The van der Waals surface area contributed by atoms with E-state index in [9.17, 15) is 4.79 Å². The number of ether oxygens (including phenoxy) is 2. The number of esters is 1. The molecule has 124 valence electrons. The molecule has 0 aliphatic carbocycles. The number of rotatable bonds is 7. The molecule has 5 heteroatoms. The van der Waals surface area contributed by atoms with Crippen LogP contribution < -0.4 is 5.32 Å². The summed E-state index contributed by atoms with van der Waals surface area (Å²) in [7, 11) is 0. The third-order valence-electron chi connectivity index (χ3n) is 4.08. The van der Waals surface area contributed by atoms with E-state index in [1.54, 1.807) is 0 Å². The highest BCUT2D eigenvalue weighted by molar-refractivity contribution is 5.80. The highest BCUT2D eigenvalue weighted by Crippen LogP contribution is 2.23. The van der Waals surface area contributed by atoms with E-state index in [2.05, 4.69) is 31.0 Å². The van der Waals surface area contributed by atoms with Crippen LogP contribution in [0.25, 0.3) is 0 Å². The summed E-state index contributed by atoms with van der Waals surface area (Å²) in [5, 5.41) is 3.30. The molecule has 0 spiro atoms. The summed E-state index contributed by atoms with van der Waals surface area (Å²) in [5.41, 5.74) is -0.752. The molecular formula is C16H32N2O3. The molecule has 21 heavy (non-hydrogen) atoms. The van der Waals surface area contributed by atoms with Gasteiger partial charge in [-0.25, -0.2) is 0 Å². The molecule has 0 bridgehead atoms. The van der Waals surface area contributed by atoms with Gasteiger partial charge >= 0.3 is 5.97 Å². The molecule has 5 nitrogen and oxygen atoms in total. The van der Waals surface area contributed by atoms with E-state index in [1.807, 2.05) is 20.8 Å². The van der Waals surface area contributed by atoms with E-state index in [0.29, 0.717) is 12.6 Å². The number of carbonyl (C=O) groups is 1. The fraction of sp³-hybridized carbons (Fsp3) is 0.938. The molecule has 0 aromatic rings. The van der Waals surface area contributed by atoms with Crippen LogP contribution in [0.2, 0.25) is 0 Å². The molecule has 0 aromatic heterocycles. The minimum atomic E-state index is -0.632. The first kappa shape index (κ1) is 18.4. The van der Waals surface area contributed by atoms with E-state index in [-0.39, 0.29) is 11.6 Å². The van der Waals surface area contributed by atoms with Crippen LogP contribution in [0.1, 0.15) is 48.0 Å². The number of hydrogen-bond donors (Lipinski definition) is 1. The topological polar surface area (TPSA) is 50.8 Å². The Morgan fingerprint density at radius 1 is 1.48 bits per heavy atom. The molecule has 1 aliphatic rings. The van der Waals surface area contributed by atoms with E-state index in [4.69, 9.17) is 9.47 Å². The van der Waals surface area contributed by atoms with Gasteiger partial charge in [0.05, 0.1) is 18.8 Å². The van der Waals surface area contributed by atoms with Crippen LogP contribution in [0, 0.1) is 0 Å². The molecule has 2 atom stereocenters. The van der Waals surface area contributed by atoms with Gasteiger partial charge in [-0.2, -0.15) is 0 Å². The van der Waals surface area contributed by atoms with Gasteiger partial charge in [0.25, 0.3) is 0 Å². The highest BCUT2D eigenvalue weighted by atomic mass is 16.5. The van der Waals surface area contributed by atoms with E-state index in [0.717, 1.165) is 32.7 Å². The maximum absolute atomic E-state index is 12.3. The fourth-order valence-corrected chi connectivity index (χ4v) is 3.06. The van der Waals surface area contributed by atoms with Gasteiger partial charge in [0.15, 0.2) is 0 Å². The SMILES string of the molecule is CCNC(C)(CC(C)N1CCOC(C)(C)C1)C(=O)OCC. The highest BCUT2D eigenvalue weighted by Gasteiger charge is 2.38. The Morgan fingerprint density at radius 2 is 2.14 bits per heavy atom. The van der Waals surface area contributed by atoms with Crippen molar-refractivity contribution in [3.63, 3.8) is 0 Å². The van der Waals surface area contributed by atoms with E-state index >= 15 is 0 Å². The van der Waals surface area contributed by atoms with Crippen LogP contribution in [-0.2, 0) is 14.3 Å². The third kappa shape index (κ3) is 5.24. The van der Waals surface area contributed by atoms with Crippen molar-refractivity contribution < 1.29 is 14.3 Å². The van der Waals surface area contributed by atoms with Crippen LogP contribution in [0.3, 0.4) is 0 Å². The zero-order valence-electron chi connectivity index (χ0n) is 14.5. The molecule has 1 heterocycles. The van der Waals surface area contributed by atoms with Crippen molar-refractivity contribution in [1.29, 1.82) is 0 Å². The Balaban J connectivity index is 2.71. The molecule has 1 saturated heterocycles. The van der Waals surface area contributed by atoms with Crippen molar-refractivity contribution in [3.05, 3.63) is 0 Å². The van der Waals surface area contributed by atoms with Crippen molar-refractivity contribution >= 4 is 5.97 Å². The van der Waals surface area contributed by atoms with Gasteiger partial charge in [-0.15, -0.1) is 0 Å². The predicted octanol–water partition coefficient (Wildman–Crippen LogP) is 1.81. The quantitative estimate of drug-likeness (QED) is 0.727. The van der Waals surface area contributed by atoms with Crippen LogP contribution >= 0.6 is 0 Å². The van der Waals surface area contributed by atoms with Gasteiger partial charge in [0, 0.05) is 19.1 Å². The normalized spacial score (nSPS) is 23.3. The lowest BCUT2D eigenvalue weighted by molar-refractivity contribution is -0.152. The summed E-state index contributed by atoms with van der Waals surface area (Å²) >= 11 is 0. The van der Waals surface area contributed by atoms with Gasteiger partial charge in [-0.05, 0) is 47.6 Å².